The quantitative estimate of drug-likeness (QED) is 0.815. The van der Waals surface area contributed by atoms with Crippen LogP contribution in [0.25, 0.3) is 0 Å². The Labute approximate surface area is 153 Å². The summed E-state index contributed by atoms with van der Waals surface area (Å²) in [5.74, 6) is 1.26. The average molecular weight is 363 g/mol. The predicted octanol–water partition coefficient (Wildman–Crippen LogP) is 3.74. The van der Waals surface area contributed by atoms with E-state index >= 15 is 0 Å². The van der Waals surface area contributed by atoms with E-state index in [2.05, 4.69) is 5.32 Å². The first kappa shape index (κ1) is 19.1. The van der Waals surface area contributed by atoms with Crippen molar-refractivity contribution in [1.82, 2.24) is 4.90 Å². The first-order valence-corrected chi connectivity index (χ1v) is 8.26. The van der Waals surface area contributed by atoms with Crippen LogP contribution in [0.4, 0.5) is 5.69 Å². The normalized spacial score (nSPS) is 10.6. The molecule has 0 unspecified atom stereocenters. The lowest BCUT2D eigenvalue weighted by molar-refractivity contribution is -0.117. The lowest BCUT2D eigenvalue weighted by Gasteiger charge is -2.17. The molecule has 0 radical (unpaired) electrons. The second-order valence-electron chi connectivity index (χ2n) is 5.87. The number of carbonyl (C=O) groups excluding carboxylic acids is 1. The third-order valence-corrected chi connectivity index (χ3v) is 4.18. The molecule has 0 aliphatic carbocycles. The fourth-order valence-corrected chi connectivity index (χ4v) is 2.64. The lowest BCUT2D eigenvalue weighted by Crippen LogP contribution is -2.29. The number of rotatable bonds is 7. The highest BCUT2D eigenvalue weighted by Gasteiger charge is 2.10. The Bertz CT molecular complexity index is 749. The van der Waals surface area contributed by atoms with Gasteiger partial charge in [-0.15, -0.1) is 0 Å². The molecule has 2 rings (SSSR count). The predicted molar refractivity (Wildman–Crippen MR) is 101 cm³/mol. The first-order chi connectivity index (χ1) is 11.9. The summed E-state index contributed by atoms with van der Waals surface area (Å²) in [4.78, 5) is 14.1. The molecule has 2 aromatic carbocycles. The molecule has 0 fully saturated rings. The van der Waals surface area contributed by atoms with Crippen LogP contribution in [-0.4, -0.2) is 38.6 Å². The molecule has 1 amide bonds. The van der Waals surface area contributed by atoms with Crippen LogP contribution in [0.3, 0.4) is 0 Å². The molecule has 25 heavy (non-hydrogen) atoms. The Morgan fingerprint density at radius 3 is 2.48 bits per heavy atom. The standard InChI is InChI=1S/C19H23ClN2O3/c1-13-5-7-15(10-16(13)20)21-19(23)12-22(2)11-14-6-8-17(24-3)18(9-14)25-4/h5-10H,11-12H2,1-4H3,(H,21,23). The zero-order valence-electron chi connectivity index (χ0n) is 14.9. The molecule has 2 aromatic rings. The van der Waals surface area contributed by atoms with Gasteiger partial charge < -0.3 is 14.8 Å². The third kappa shape index (κ3) is 5.37. The highest BCUT2D eigenvalue weighted by Crippen LogP contribution is 2.28. The van der Waals surface area contributed by atoms with Crippen molar-refractivity contribution < 1.29 is 14.3 Å². The van der Waals surface area contributed by atoms with E-state index in [0.29, 0.717) is 28.8 Å². The summed E-state index contributed by atoms with van der Waals surface area (Å²) in [6, 6.07) is 11.2. The van der Waals surface area contributed by atoms with E-state index in [4.69, 9.17) is 21.1 Å². The van der Waals surface area contributed by atoms with Gasteiger partial charge in [-0.2, -0.15) is 0 Å². The van der Waals surface area contributed by atoms with Crippen molar-refractivity contribution in [3.63, 3.8) is 0 Å². The van der Waals surface area contributed by atoms with Crippen molar-refractivity contribution in [2.45, 2.75) is 13.5 Å². The number of amides is 1. The summed E-state index contributed by atoms with van der Waals surface area (Å²) in [5.41, 5.74) is 2.71. The smallest absolute Gasteiger partial charge is 0.238 e. The molecule has 6 heteroatoms. The molecular formula is C19H23ClN2O3. The van der Waals surface area contributed by atoms with Gasteiger partial charge in [0.15, 0.2) is 11.5 Å². The zero-order chi connectivity index (χ0) is 18.4. The van der Waals surface area contributed by atoms with Crippen LogP contribution < -0.4 is 14.8 Å². The molecule has 0 saturated carbocycles. The second kappa shape index (κ2) is 8.74. The Balaban J connectivity index is 1.94. The highest BCUT2D eigenvalue weighted by atomic mass is 35.5. The van der Waals surface area contributed by atoms with Gasteiger partial charge in [-0.05, 0) is 49.4 Å². The van der Waals surface area contributed by atoms with Gasteiger partial charge in [0.1, 0.15) is 0 Å². The first-order valence-electron chi connectivity index (χ1n) is 7.88. The topological polar surface area (TPSA) is 50.8 Å². The van der Waals surface area contributed by atoms with Crippen LogP contribution in [-0.2, 0) is 11.3 Å². The number of carbonyl (C=O) groups is 1. The van der Waals surface area contributed by atoms with Crippen molar-refractivity contribution >= 4 is 23.2 Å². The molecule has 0 saturated heterocycles. The molecule has 134 valence electrons. The number of anilines is 1. The minimum Gasteiger partial charge on any atom is -0.493 e. The highest BCUT2D eigenvalue weighted by molar-refractivity contribution is 6.31. The molecular weight excluding hydrogens is 340 g/mol. The van der Waals surface area contributed by atoms with Gasteiger partial charge in [0, 0.05) is 17.3 Å². The summed E-state index contributed by atoms with van der Waals surface area (Å²) in [6.45, 7) is 2.80. The molecule has 0 bridgehead atoms. The van der Waals surface area contributed by atoms with Crippen molar-refractivity contribution in [3.8, 4) is 11.5 Å². The molecule has 0 aliphatic rings. The van der Waals surface area contributed by atoms with Crippen LogP contribution in [0.2, 0.25) is 5.02 Å². The largest absolute Gasteiger partial charge is 0.493 e. The fraction of sp³-hybridized carbons (Fsp3) is 0.316. The maximum absolute atomic E-state index is 12.2. The van der Waals surface area contributed by atoms with Crippen molar-refractivity contribution in [3.05, 3.63) is 52.5 Å². The number of hydrogen-bond donors (Lipinski definition) is 1. The third-order valence-electron chi connectivity index (χ3n) is 3.77. The Kier molecular flexibility index (Phi) is 6.67. The monoisotopic (exact) mass is 362 g/mol. The van der Waals surface area contributed by atoms with E-state index in [0.717, 1.165) is 11.1 Å². The molecule has 5 nitrogen and oxygen atoms in total. The second-order valence-corrected chi connectivity index (χ2v) is 6.28. The van der Waals surface area contributed by atoms with Crippen molar-refractivity contribution in [2.75, 3.05) is 33.1 Å². The Morgan fingerprint density at radius 1 is 1.12 bits per heavy atom. The minimum atomic E-state index is -0.0945. The number of aryl methyl sites for hydroxylation is 1. The van der Waals surface area contributed by atoms with Gasteiger partial charge in [-0.25, -0.2) is 0 Å². The Morgan fingerprint density at radius 2 is 1.84 bits per heavy atom. The van der Waals surface area contributed by atoms with Crippen LogP contribution >= 0.6 is 11.6 Å². The number of halogens is 1. The minimum absolute atomic E-state index is 0.0945. The van der Waals surface area contributed by atoms with Crippen LogP contribution in [0, 0.1) is 6.92 Å². The van der Waals surface area contributed by atoms with Crippen LogP contribution in [0.1, 0.15) is 11.1 Å². The molecule has 0 aliphatic heterocycles. The summed E-state index contributed by atoms with van der Waals surface area (Å²) in [5, 5.41) is 3.49. The number of methoxy groups -OCH3 is 2. The van der Waals surface area contributed by atoms with E-state index in [1.54, 1.807) is 20.3 Å². The van der Waals surface area contributed by atoms with E-state index < -0.39 is 0 Å². The molecule has 0 heterocycles. The van der Waals surface area contributed by atoms with Gasteiger partial charge in [0.05, 0.1) is 20.8 Å². The summed E-state index contributed by atoms with van der Waals surface area (Å²) in [7, 11) is 5.09. The van der Waals surface area contributed by atoms with E-state index in [9.17, 15) is 4.79 Å². The molecule has 0 atom stereocenters. The number of ether oxygens (including phenoxy) is 2. The Hall–Kier alpha value is -2.24. The fourth-order valence-electron chi connectivity index (χ4n) is 2.46. The molecule has 0 aromatic heterocycles. The van der Waals surface area contributed by atoms with Crippen molar-refractivity contribution in [1.29, 1.82) is 0 Å². The average Bonchev–Trinajstić information content (AvgIpc) is 2.57. The van der Waals surface area contributed by atoms with Crippen LogP contribution in [0.15, 0.2) is 36.4 Å². The van der Waals surface area contributed by atoms with Crippen molar-refractivity contribution in [2.24, 2.45) is 0 Å². The van der Waals surface area contributed by atoms with E-state index in [1.165, 1.54) is 0 Å². The summed E-state index contributed by atoms with van der Waals surface area (Å²) >= 11 is 6.08. The number of likely N-dealkylation sites (N-methyl/N-ethyl adjacent to an activating group) is 1. The number of nitrogens with zero attached hydrogens (tertiary/aromatic N) is 1. The number of benzene rings is 2. The van der Waals surface area contributed by atoms with Gasteiger partial charge in [-0.1, -0.05) is 23.7 Å². The van der Waals surface area contributed by atoms with Gasteiger partial charge in [0.25, 0.3) is 0 Å². The molecule has 0 spiro atoms. The van der Waals surface area contributed by atoms with E-state index in [-0.39, 0.29) is 12.5 Å². The number of hydrogen-bond acceptors (Lipinski definition) is 4. The van der Waals surface area contributed by atoms with Gasteiger partial charge in [-0.3, -0.25) is 9.69 Å². The SMILES string of the molecule is COc1ccc(CN(C)CC(=O)Nc2ccc(C)c(Cl)c2)cc1OC. The summed E-state index contributed by atoms with van der Waals surface area (Å²) in [6.07, 6.45) is 0. The lowest BCUT2D eigenvalue weighted by atomic mass is 10.2. The molecule has 1 N–H and O–H groups in total. The van der Waals surface area contributed by atoms with Gasteiger partial charge in [0.2, 0.25) is 5.91 Å². The zero-order valence-corrected chi connectivity index (χ0v) is 15.7. The van der Waals surface area contributed by atoms with Gasteiger partial charge >= 0.3 is 0 Å². The number of nitrogens with one attached hydrogen (secondary N) is 1. The maximum Gasteiger partial charge on any atom is 0.238 e. The maximum atomic E-state index is 12.2. The summed E-state index contributed by atoms with van der Waals surface area (Å²) < 4.78 is 10.5. The van der Waals surface area contributed by atoms with Crippen LogP contribution in [0.5, 0.6) is 11.5 Å². The van der Waals surface area contributed by atoms with E-state index in [1.807, 2.05) is 49.2 Å².